The molecule has 0 amide bonds. The highest BCUT2D eigenvalue weighted by atomic mass is 127. The molecular weight excluding hydrogens is 498 g/mol. The lowest BCUT2D eigenvalue weighted by molar-refractivity contribution is 0.0696. The van der Waals surface area contributed by atoms with Crippen LogP contribution in [0.4, 0.5) is 0 Å². The van der Waals surface area contributed by atoms with E-state index in [2.05, 4.69) is 45.2 Å². The number of carboxylic acids is 1. The molecule has 0 atom stereocenters. The van der Waals surface area contributed by atoms with Crippen molar-refractivity contribution in [3.63, 3.8) is 0 Å². The van der Waals surface area contributed by atoms with E-state index < -0.39 is 5.97 Å². The predicted octanol–water partition coefficient (Wildman–Crippen LogP) is 4.18. The summed E-state index contributed by atoms with van der Waals surface area (Å²) in [7, 11) is 1.62. The SMILES string of the molecule is COc1cccc(COc2c(I)cc(C(=O)O)cc2I)c1. The summed E-state index contributed by atoms with van der Waals surface area (Å²) in [6.07, 6.45) is 0. The molecule has 0 aromatic heterocycles. The lowest BCUT2D eigenvalue weighted by atomic mass is 10.2. The summed E-state index contributed by atoms with van der Waals surface area (Å²) >= 11 is 4.17. The molecule has 2 aromatic rings. The molecule has 0 aliphatic rings. The van der Waals surface area contributed by atoms with Gasteiger partial charge in [-0.05, 0) is 75.0 Å². The first-order valence-electron chi connectivity index (χ1n) is 5.99. The zero-order valence-electron chi connectivity index (χ0n) is 11.1. The average molecular weight is 510 g/mol. The molecule has 0 aliphatic heterocycles. The van der Waals surface area contributed by atoms with Gasteiger partial charge in [0.1, 0.15) is 18.1 Å². The van der Waals surface area contributed by atoms with E-state index in [4.69, 9.17) is 14.6 Å². The molecule has 2 rings (SSSR count). The van der Waals surface area contributed by atoms with Gasteiger partial charge >= 0.3 is 5.97 Å². The van der Waals surface area contributed by atoms with E-state index in [1.165, 1.54) is 0 Å². The van der Waals surface area contributed by atoms with E-state index in [0.717, 1.165) is 18.5 Å². The highest BCUT2D eigenvalue weighted by molar-refractivity contribution is 14.1. The Balaban J connectivity index is 2.18. The zero-order chi connectivity index (χ0) is 15.4. The van der Waals surface area contributed by atoms with Crippen LogP contribution in [-0.2, 0) is 6.61 Å². The highest BCUT2D eigenvalue weighted by Gasteiger charge is 2.12. The van der Waals surface area contributed by atoms with Gasteiger partial charge in [-0.1, -0.05) is 12.1 Å². The Morgan fingerprint density at radius 1 is 1.19 bits per heavy atom. The summed E-state index contributed by atoms with van der Waals surface area (Å²) in [4.78, 5) is 11.0. The Bertz CT molecular complexity index is 647. The molecule has 1 N–H and O–H groups in total. The Kier molecular flexibility index (Phi) is 5.68. The molecule has 0 radical (unpaired) electrons. The van der Waals surface area contributed by atoms with Crippen LogP contribution in [0.25, 0.3) is 0 Å². The molecule has 0 saturated heterocycles. The van der Waals surface area contributed by atoms with Crippen LogP contribution in [0.2, 0.25) is 0 Å². The fraction of sp³-hybridized carbons (Fsp3) is 0.133. The van der Waals surface area contributed by atoms with Crippen LogP contribution < -0.4 is 9.47 Å². The van der Waals surface area contributed by atoms with Crippen LogP contribution in [0.1, 0.15) is 15.9 Å². The number of hydrogen-bond acceptors (Lipinski definition) is 3. The van der Waals surface area contributed by atoms with Crippen molar-refractivity contribution >= 4 is 51.2 Å². The van der Waals surface area contributed by atoms with Crippen molar-refractivity contribution in [1.82, 2.24) is 0 Å². The van der Waals surface area contributed by atoms with Gasteiger partial charge in [-0.2, -0.15) is 0 Å². The highest BCUT2D eigenvalue weighted by Crippen LogP contribution is 2.30. The topological polar surface area (TPSA) is 55.8 Å². The van der Waals surface area contributed by atoms with Gasteiger partial charge in [-0.25, -0.2) is 4.79 Å². The molecule has 4 nitrogen and oxygen atoms in total. The van der Waals surface area contributed by atoms with Crippen LogP contribution >= 0.6 is 45.2 Å². The minimum absolute atomic E-state index is 0.262. The first kappa shape index (κ1) is 16.3. The van der Waals surface area contributed by atoms with E-state index in [-0.39, 0.29) is 5.56 Å². The van der Waals surface area contributed by atoms with E-state index in [1.807, 2.05) is 24.3 Å². The van der Waals surface area contributed by atoms with Gasteiger partial charge in [0.15, 0.2) is 0 Å². The quantitative estimate of drug-likeness (QED) is 0.614. The molecule has 0 bridgehead atoms. The second-order valence-electron chi connectivity index (χ2n) is 4.21. The molecule has 6 heteroatoms. The lowest BCUT2D eigenvalue weighted by Gasteiger charge is -2.12. The normalized spacial score (nSPS) is 10.2. The van der Waals surface area contributed by atoms with Gasteiger partial charge in [0.2, 0.25) is 0 Å². The number of hydrogen-bond donors (Lipinski definition) is 1. The Morgan fingerprint density at radius 2 is 1.86 bits per heavy atom. The standard InChI is InChI=1S/C15H12I2O4/c1-20-11-4-2-3-9(5-11)8-21-14-12(16)6-10(15(18)19)7-13(14)17/h2-7H,8H2,1H3,(H,18,19). The van der Waals surface area contributed by atoms with Crippen molar-refractivity contribution in [1.29, 1.82) is 0 Å². The van der Waals surface area contributed by atoms with E-state index in [9.17, 15) is 4.79 Å². The maximum absolute atomic E-state index is 11.0. The largest absolute Gasteiger partial charge is 0.497 e. The maximum Gasteiger partial charge on any atom is 0.335 e. The average Bonchev–Trinajstić information content (AvgIpc) is 2.46. The van der Waals surface area contributed by atoms with Gasteiger partial charge in [-0.15, -0.1) is 0 Å². The van der Waals surface area contributed by atoms with Crippen LogP contribution in [-0.4, -0.2) is 18.2 Å². The van der Waals surface area contributed by atoms with E-state index >= 15 is 0 Å². The Morgan fingerprint density at radius 3 is 2.43 bits per heavy atom. The van der Waals surface area contributed by atoms with Crippen molar-refractivity contribution < 1.29 is 19.4 Å². The third-order valence-corrected chi connectivity index (χ3v) is 4.37. The lowest BCUT2D eigenvalue weighted by Crippen LogP contribution is -2.03. The van der Waals surface area contributed by atoms with E-state index in [1.54, 1.807) is 19.2 Å². The van der Waals surface area contributed by atoms with Gasteiger partial charge < -0.3 is 14.6 Å². The van der Waals surface area contributed by atoms with Crippen LogP contribution in [0.3, 0.4) is 0 Å². The summed E-state index contributed by atoms with van der Waals surface area (Å²) in [5.41, 5.74) is 1.25. The van der Waals surface area contributed by atoms with Crippen molar-refractivity contribution in [2.45, 2.75) is 6.61 Å². The molecule has 0 heterocycles. The number of carbonyl (C=O) groups is 1. The summed E-state index contributed by atoms with van der Waals surface area (Å²) in [6, 6.07) is 10.8. The Labute approximate surface area is 149 Å². The van der Waals surface area contributed by atoms with Gasteiger partial charge in [-0.3, -0.25) is 0 Å². The molecule has 2 aromatic carbocycles. The fourth-order valence-corrected chi connectivity index (χ4v) is 3.82. The molecule has 110 valence electrons. The van der Waals surface area contributed by atoms with Crippen molar-refractivity contribution in [3.8, 4) is 11.5 Å². The van der Waals surface area contributed by atoms with E-state index in [0.29, 0.717) is 12.4 Å². The van der Waals surface area contributed by atoms with Gasteiger partial charge in [0.25, 0.3) is 0 Å². The number of methoxy groups -OCH3 is 1. The number of benzene rings is 2. The maximum atomic E-state index is 11.0. The van der Waals surface area contributed by atoms with Crippen LogP contribution in [0, 0.1) is 7.14 Å². The second-order valence-corrected chi connectivity index (χ2v) is 6.54. The van der Waals surface area contributed by atoms with Crippen LogP contribution in [0.5, 0.6) is 11.5 Å². The van der Waals surface area contributed by atoms with Crippen molar-refractivity contribution in [3.05, 3.63) is 54.7 Å². The van der Waals surface area contributed by atoms with Crippen molar-refractivity contribution in [2.24, 2.45) is 0 Å². The monoisotopic (exact) mass is 510 g/mol. The number of rotatable bonds is 5. The molecule has 0 fully saturated rings. The zero-order valence-corrected chi connectivity index (χ0v) is 15.4. The number of halogens is 2. The smallest absolute Gasteiger partial charge is 0.335 e. The number of carboxylic acid groups (broad SMARTS) is 1. The summed E-state index contributed by atoms with van der Waals surface area (Å²) in [5.74, 6) is 0.538. The third-order valence-electron chi connectivity index (χ3n) is 2.76. The first-order valence-corrected chi connectivity index (χ1v) is 8.15. The van der Waals surface area contributed by atoms with Gasteiger partial charge in [0.05, 0.1) is 19.8 Å². The van der Waals surface area contributed by atoms with Gasteiger partial charge in [0, 0.05) is 0 Å². The number of aromatic carboxylic acids is 1. The molecule has 0 saturated carbocycles. The minimum Gasteiger partial charge on any atom is -0.497 e. The molecule has 0 spiro atoms. The summed E-state index contributed by atoms with van der Waals surface area (Å²) < 4.78 is 12.6. The Hall–Kier alpha value is -1.03. The molecule has 21 heavy (non-hydrogen) atoms. The summed E-state index contributed by atoms with van der Waals surface area (Å²) in [5, 5.41) is 9.03. The number of ether oxygens (including phenoxy) is 2. The molecular formula is C15H12I2O4. The second kappa shape index (κ2) is 7.30. The first-order chi connectivity index (χ1) is 10.0. The third kappa shape index (κ3) is 4.22. The fourth-order valence-electron chi connectivity index (χ4n) is 1.74. The minimum atomic E-state index is -0.940. The predicted molar refractivity (Wildman–Crippen MR) is 96.2 cm³/mol. The van der Waals surface area contributed by atoms with Crippen molar-refractivity contribution in [2.75, 3.05) is 7.11 Å². The van der Waals surface area contributed by atoms with Crippen LogP contribution in [0.15, 0.2) is 36.4 Å². The summed E-state index contributed by atoms with van der Waals surface area (Å²) in [6.45, 7) is 0.398. The molecule has 0 unspecified atom stereocenters. The molecule has 0 aliphatic carbocycles.